The Labute approximate surface area is 162 Å². The first-order valence-electron chi connectivity index (χ1n) is 6.67. The van der Waals surface area contributed by atoms with Crippen LogP contribution in [0, 0.1) is 0 Å². The molecule has 0 radical (unpaired) electrons. The van der Waals surface area contributed by atoms with Gasteiger partial charge in [-0.15, -0.1) is 0 Å². The SMILES string of the molecule is O=C1NN(c2ccc(Br)cc2)C(=O)/C1=C\c1cc(Br)cc(Br)c1O. The molecule has 0 saturated carbocycles. The topological polar surface area (TPSA) is 69.6 Å². The van der Waals surface area contributed by atoms with Crippen LogP contribution in [0.3, 0.4) is 0 Å². The molecule has 0 spiro atoms. The van der Waals surface area contributed by atoms with Crippen molar-refractivity contribution in [3.8, 4) is 5.75 Å². The third-order valence-electron chi connectivity index (χ3n) is 3.33. The third-order valence-corrected chi connectivity index (χ3v) is 4.92. The summed E-state index contributed by atoms with van der Waals surface area (Å²) < 4.78 is 2.03. The van der Waals surface area contributed by atoms with E-state index in [1.54, 1.807) is 36.4 Å². The van der Waals surface area contributed by atoms with Gasteiger partial charge < -0.3 is 5.11 Å². The highest BCUT2D eigenvalue weighted by Crippen LogP contribution is 2.34. The summed E-state index contributed by atoms with van der Waals surface area (Å²) in [5.74, 6) is -1.07. The fourth-order valence-corrected chi connectivity index (χ4v) is 3.70. The summed E-state index contributed by atoms with van der Waals surface area (Å²) in [7, 11) is 0. The van der Waals surface area contributed by atoms with E-state index in [0.29, 0.717) is 20.2 Å². The van der Waals surface area contributed by atoms with E-state index in [9.17, 15) is 14.7 Å². The molecule has 0 aromatic heterocycles. The maximum absolute atomic E-state index is 12.5. The number of hydrazine groups is 1. The molecule has 8 heteroatoms. The summed E-state index contributed by atoms with van der Waals surface area (Å²) in [4.78, 5) is 24.7. The van der Waals surface area contributed by atoms with Crippen LogP contribution in [0.25, 0.3) is 6.08 Å². The van der Waals surface area contributed by atoms with Crippen LogP contribution in [-0.2, 0) is 9.59 Å². The van der Waals surface area contributed by atoms with E-state index in [4.69, 9.17) is 0 Å². The van der Waals surface area contributed by atoms with Crippen LogP contribution < -0.4 is 10.4 Å². The van der Waals surface area contributed by atoms with Crippen LogP contribution in [0.5, 0.6) is 5.75 Å². The Morgan fingerprint density at radius 2 is 1.67 bits per heavy atom. The molecule has 1 aliphatic rings. The predicted octanol–water partition coefficient (Wildman–Crippen LogP) is 4.14. The van der Waals surface area contributed by atoms with Gasteiger partial charge in [-0.05, 0) is 58.4 Å². The van der Waals surface area contributed by atoms with E-state index in [1.807, 2.05) is 0 Å². The molecule has 0 bridgehead atoms. The zero-order valence-electron chi connectivity index (χ0n) is 11.9. The van der Waals surface area contributed by atoms with Gasteiger partial charge in [0.05, 0.1) is 10.2 Å². The Kier molecular flexibility index (Phi) is 4.80. The molecule has 0 unspecified atom stereocenters. The molecule has 1 saturated heterocycles. The number of amides is 2. The number of nitrogens with zero attached hydrogens (tertiary/aromatic N) is 1. The fourth-order valence-electron chi connectivity index (χ4n) is 2.18. The first kappa shape index (κ1) is 17.2. The molecule has 2 aromatic rings. The third kappa shape index (κ3) is 3.26. The fraction of sp³-hybridized carbons (Fsp3) is 0. The highest BCUT2D eigenvalue weighted by Gasteiger charge is 2.34. The lowest BCUT2D eigenvalue weighted by Gasteiger charge is -2.14. The monoisotopic (exact) mass is 514 g/mol. The second-order valence-corrected chi connectivity index (χ2v) is 7.63. The van der Waals surface area contributed by atoms with E-state index in [1.165, 1.54) is 11.1 Å². The minimum Gasteiger partial charge on any atom is -0.506 e. The number of carbonyl (C=O) groups is 2. The van der Waals surface area contributed by atoms with E-state index in [0.717, 1.165) is 4.47 Å². The van der Waals surface area contributed by atoms with Crippen LogP contribution in [0.15, 0.2) is 55.4 Å². The highest BCUT2D eigenvalue weighted by molar-refractivity contribution is 9.11. The minimum absolute atomic E-state index is 0.0478. The number of phenolic OH excluding ortho intramolecular Hbond substituents is 1. The lowest BCUT2D eigenvalue weighted by atomic mass is 10.1. The molecule has 0 aliphatic carbocycles. The van der Waals surface area contributed by atoms with Crippen molar-refractivity contribution in [2.45, 2.75) is 0 Å². The summed E-state index contributed by atoms with van der Waals surface area (Å²) in [6.45, 7) is 0. The molecule has 1 fully saturated rings. The number of phenols is 1. The van der Waals surface area contributed by atoms with Gasteiger partial charge in [0.2, 0.25) is 0 Å². The molecule has 2 aromatic carbocycles. The van der Waals surface area contributed by atoms with E-state index in [-0.39, 0.29) is 11.3 Å². The van der Waals surface area contributed by atoms with Gasteiger partial charge in [-0.2, -0.15) is 0 Å². The quantitative estimate of drug-likeness (QED) is 0.465. The number of halogens is 3. The van der Waals surface area contributed by atoms with Crippen molar-refractivity contribution in [3.05, 3.63) is 61.0 Å². The standard InChI is InChI=1S/C16H9Br3N2O3/c17-9-1-3-11(4-2-9)21-16(24)12(15(23)20-21)6-8-5-10(18)7-13(19)14(8)22/h1-7,22H,(H,20,23)/b12-6-. The van der Waals surface area contributed by atoms with Crippen LogP contribution in [0.1, 0.15) is 5.56 Å². The number of aromatic hydroxyl groups is 1. The number of nitrogens with one attached hydrogen (secondary N) is 1. The molecule has 5 nitrogen and oxygen atoms in total. The lowest BCUT2D eigenvalue weighted by molar-refractivity contribution is -0.117. The number of benzene rings is 2. The molecule has 3 rings (SSSR count). The Bertz CT molecular complexity index is 879. The number of anilines is 1. The highest BCUT2D eigenvalue weighted by atomic mass is 79.9. The Balaban J connectivity index is 1.99. The van der Waals surface area contributed by atoms with Gasteiger partial charge in [0, 0.05) is 14.5 Å². The van der Waals surface area contributed by atoms with Crippen LogP contribution in [-0.4, -0.2) is 16.9 Å². The number of hydrogen-bond acceptors (Lipinski definition) is 3. The van der Waals surface area contributed by atoms with Crippen molar-refractivity contribution in [3.63, 3.8) is 0 Å². The van der Waals surface area contributed by atoms with Gasteiger partial charge in [-0.25, -0.2) is 5.01 Å². The number of carbonyl (C=O) groups excluding carboxylic acids is 2. The normalized spacial score (nSPS) is 16.0. The minimum atomic E-state index is -0.529. The Hall–Kier alpha value is -1.64. The molecule has 24 heavy (non-hydrogen) atoms. The Morgan fingerprint density at radius 3 is 2.33 bits per heavy atom. The first-order chi connectivity index (χ1) is 11.4. The molecular weight excluding hydrogens is 508 g/mol. The summed E-state index contributed by atoms with van der Waals surface area (Å²) in [6, 6.07) is 10.2. The van der Waals surface area contributed by atoms with Crippen molar-refractivity contribution >= 4 is 71.4 Å². The second-order valence-electron chi connectivity index (χ2n) is 4.94. The molecule has 1 aliphatic heterocycles. The van der Waals surface area contributed by atoms with Crippen LogP contribution >= 0.6 is 47.8 Å². The van der Waals surface area contributed by atoms with Gasteiger partial charge in [0.25, 0.3) is 11.8 Å². The molecule has 0 atom stereocenters. The average molecular weight is 517 g/mol. The maximum Gasteiger partial charge on any atom is 0.282 e. The zero-order valence-corrected chi connectivity index (χ0v) is 16.6. The largest absolute Gasteiger partial charge is 0.506 e. The molecule has 2 amide bonds. The van der Waals surface area contributed by atoms with Gasteiger partial charge in [-0.3, -0.25) is 15.0 Å². The van der Waals surface area contributed by atoms with Gasteiger partial charge in [0.15, 0.2) is 0 Å². The number of rotatable bonds is 2. The zero-order chi connectivity index (χ0) is 17.4. The van der Waals surface area contributed by atoms with E-state index >= 15 is 0 Å². The van der Waals surface area contributed by atoms with Gasteiger partial charge >= 0.3 is 0 Å². The average Bonchev–Trinajstić information content (AvgIpc) is 2.81. The van der Waals surface area contributed by atoms with Crippen molar-refractivity contribution < 1.29 is 14.7 Å². The molecule has 2 N–H and O–H groups in total. The molecule has 1 heterocycles. The van der Waals surface area contributed by atoms with E-state index in [2.05, 4.69) is 53.2 Å². The van der Waals surface area contributed by atoms with Crippen LogP contribution in [0.2, 0.25) is 0 Å². The maximum atomic E-state index is 12.5. The summed E-state index contributed by atoms with van der Waals surface area (Å²) in [5, 5.41) is 11.3. The number of hydrogen-bond donors (Lipinski definition) is 2. The summed E-state index contributed by atoms with van der Waals surface area (Å²) >= 11 is 9.85. The van der Waals surface area contributed by atoms with Crippen molar-refractivity contribution in [2.24, 2.45) is 0 Å². The summed E-state index contributed by atoms with van der Waals surface area (Å²) in [5.41, 5.74) is 3.35. The Morgan fingerprint density at radius 1 is 1.00 bits per heavy atom. The molecular formula is C16H9Br3N2O3. The first-order valence-corrected chi connectivity index (χ1v) is 9.05. The second kappa shape index (κ2) is 6.70. The summed E-state index contributed by atoms with van der Waals surface area (Å²) in [6.07, 6.45) is 1.36. The van der Waals surface area contributed by atoms with Crippen molar-refractivity contribution in [2.75, 3.05) is 5.01 Å². The van der Waals surface area contributed by atoms with Gasteiger partial charge in [0.1, 0.15) is 11.3 Å². The van der Waals surface area contributed by atoms with Crippen molar-refractivity contribution in [1.29, 1.82) is 0 Å². The lowest BCUT2D eigenvalue weighted by Crippen LogP contribution is -2.35. The smallest absolute Gasteiger partial charge is 0.282 e. The predicted molar refractivity (Wildman–Crippen MR) is 101 cm³/mol. The molecule has 122 valence electrons. The van der Waals surface area contributed by atoms with E-state index < -0.39 is 11.8 Å². The van der Waals surface area contributed by atoms with Crippen LogP contribution in [0.4, 0.5) is 5.69 Å². The van der Waals surface area contributed by atoms with Gasteiger partial charge in [-0.1, -0.05) is 31.9 Å². The van der Waals surface area contributed by atoms with Crippen molar-refractivity contribution in [1.82, 2.24) is 5.43 Å².